The highest BCUT2D eigenvalue weighted by molar-refractivity contribution is 5.34. The van der Waals surface area contributed by atoms with Gasteiger partial charge in [0.05, 0.1) is 6.10 Å². The van der Waals surface area contributed by atoms with Crippen LogP contribution in [0.25, 0.3) is 0 Å². The van der Waals surface area contributed by atoms with Crippen molar-refractivity contribution in [2.45, 2.75) is 26.6 Å². The zero-order chi connectivity index (χ0) is 13.7. The first kappa shape index (κ1) is 13.5. The van der Waals surface area contributed by atoms with Crippen LogP contribution in [0.5, 0.6) is 0 Å². The van der Waals surface area contributed by atoms with Gasteiger partial charge >= 0.3 is 0 Å². The smallest absolute Gasteiger partial charge is 0.156 e. The Labute approximate surface area is 113 Å². The number of nitrogens with zero attached hydrogens (tertiary/aromatic N) is 2. The minimum Gasteiger partial charge on any atom is -0.373 e. The molecular weight excluding hydrogens is 238 g/mol. The van der Waals surface area contributed by atoms with Crippen molar-refractivity contribution >= 4 is 5.82 Å². The van der Waals surface area contributed by atoms with Crippen LogP contribution < -0.4 is 5.32 Å². The van der Waals surface area contributed by atoms with Crippen LogP contribution in [0.2, 0.25) is 0 Å². The van der Waals surface area contributed by atoms with Crippen LogP contribution in [0.1, 0.15) is 30.1 Å². The fourth-order valence-corrected chi connectivity index (χ4v) is 1.84. The Balaban J connectivity index is 2.01. The molecular formula is C15H19N3O. The average molecular weight is 257 g/mol. The Kier molecular flexibility index (Phi) is 4.47. The predicted octanol–water partition coefficient (Wildman–Crippen LogP) is 3.10. The number of hydrogen-bond donors (Lipinski definition) is 1. The molecule has 0 saturated heterocycles. The van der Waals surface area contributed by atoms with E-state index in [0.29, 0.717) is 12.4 Å². The molecule has 2 rings (SSSR count). The van der Waals surface area contributed by atoms with E-state index >= 15 is 0 Å². The second-order valence-electron chi connectivity index (χ2n) is 4.42. The summed E-state index contributed by atoms with van der Waals surface area (Å²) in [5.74, 6) is 1.52. The number of ether oxygens (including phenoxy) is 1. The highest BCUT2D eigenvalue weighted by atomic mass is 16.5. The molecule has 0 radical (unpaired) electrons. The molecule has 1 unspecified atom stereocenters. The zero-order valence-corrected chi connectivity index (χ0v) is 11.6. The number of benzene rings is 1. The largest absolute Gasteiger partial charge is 0.373 e. The molecule has 0 aliphatic carbocycles. The fourth-order valence-electron chi connectivity index (χ4n) is 1.84. The number of aryl methyl sites for hydroxylation is 1. The van der Waals surface area contributed by atoms with E-state index in [1.54, 1.807) is 0 Å². The Morgan fingerprint density at radius 3 is 2.63 bits per heavy atom. The monoisotopic (exact) mass is 257 g/mol. The molecule has 0 aliphatic rings. The molecule has 4 nitrogen and oxygen atoms in total. The maximum absolute atomic E-state index is 5.82. The van der Waals surface area contributed by atoms with E-state index in [1.807, 2.05) is 45.2 Å². The van der Waals surface area contributed by atoms with E-state index in [4.69, 9.17) is 4.74 Å². The molecule has 0 amide bonds. The molecule has 0 fully saturated rings. The number of aromatic nitrogens is 2. The van der Waals surface area contributed by atoms with E-state index in [1.165, 1.54) is 0 Å². The van der Waals surface area contributed by atoms with Gasteiger partial charge in [-0.1, -0.05) is 30.3 Å². The topological polar surface area (TPSA) is 47.0 Å². The molecule has 1 atom stereocenters. The molecule has 0 bridgehead atoms. The van der Waals surface area contributed by atoms with Crippen LogP contribution in [0.3, 0.4) is 0 Å². The van der Waals surface area contributed by atoms with Crippen molar-refractivity contribution in [3.05, 3.63) is 53.5 Å². The van der Waals surface area contributed by atoms with Gasteiger partial charge in [-0.15, -0.1) is 0 Å². The molecule has 100 valence electrons. The minimum absolute atomic E-state index is 0.0309. The predicted molar refractivity (Wildman–Crippen MR) is 76.0 cm³/mol. The van der Waals surface area contributed by atoms with Gasteiger partial charge < -0.3 is 10.1 Å². The summed E-state index contributed by atoms with van der Waals surface area (Å²) in [5.41, 5.74) is 2.09. The Morgan fingerprint density at radius 2 is 1.95 bits per heavy atom. The lowest BCUT2D eigenvalue weighted by Gasteiger charge is -2.13. The van der Waals surface area contributed by atoms with E-state index < -0.39 is 0 Å². The quantitative estimate of drug-likeness (QED) is 0.894. The summed E-state index contributed by atoms with van der Waals surface area (Å²) in [4.78, 5) is 8.74. The standard InChI is InChI=1S/C15H19N3O/c1-11-9-14(16-3)18-15(17-11)10-19-12(2)13-7-5-4-6-8-13/h4-9,12H,10H2,1-3H3,(H,16,17,18). The lowest BCUT2D eigenvalue weighted by molar-refractivity contribution is 0.0483. The maximum atomic E-state index is 5.82. The SMILES string of the molecule is CNc1cc(C)nc(COC(C)c2ccccc2)n1. The van der Waals surface area contributed by atoms with E-state index in [2.05, 4.69) is 27.4 Å². The number of hydrogen-bond acceptors (Lipinski definition) is 4. The van der Waals surface area contributed by atoms with Gasteiger partial charge in [0.2, 0.25) is 0 Å². The molecule has 0 aliphatic heterocycles. The van der Waals surface area contributed by atoms with Crippen molar-refractivity contribution in [2.24, 2.45) is 0 Å². The summed E-state index contributed by atoms with van der Waals surface area (Å²) in [6.45, 7) is 4.39. The summed E-state index contributed by atoms with van der Waals surface area (Å²) in [5, 5.41) is 3.02. The van der Waals surface area contributed by atoms with Crippen LogP contribution in [0.4, 0.5) is 5.82 Å². The van der Waals surface area contributed by atoms with Crippen molar-refractivity contribution in [3.8, 4) is 0 Å². The van der Waals surface area contributed by atoms with Crippen molar-refractivity contribution in [1.82, 2.24) is 9.97 Å². The molecule has 2 aromatic rings. The van der Waals surface area contributed by atoms with Crippen molar-refractivity contribution < 1.29 is 4.74 Å². The normalized spacial score (nSPS) is 12.2. The zero-order valence-electron chi connectivity index (χ0n) is 11.6. The van der Waals surface area contributed by atoms with Gasteiger partial charge in [0.15, 0.2) is 5.82 Å². The molecule has 1 aromatic carbocycles. The number of nitrogens with one attached hydrogen (secondary N) is 1. The Hall–Kier alpha value is -1.94. The maximum Gasteiger partial charge on any atom is 0.156 e. The van der Waals surface area contributed by atoms with Gasteiger partial charge in [0, 0.05) is 18.8 Å². The molecule has 1 N–H and O–H groups in total. The Bertz CT molecular complexity index is 528. The number of rotatable bonds is 5. The van der Waals surface area contributed by atoms with Crippen molar-refractivity contribution in [3.63, 3.8) is 0 Å². The molecule has 1 heterocycles. The summed E-state index contributed by atoms with van der Waals surface area (Å²) >= 11 is 0. The highest BCUT2D eigenvalue weighted by Crippen LogP contribution is 2.17. The molecule has 0 spiro atoms. The van der Waals surface area contributed by atoms with Crippen LogP contribution in [0.15, 0.2) is 36.4 Å². The van der Waals surface area contributed by atoms with Crippen molar-refractivity contribution in [2.75, 3.05) is 12.4 Å². The molecule has 19 heavy (non-hydrogen) atoms. The summed E-state index contributed by atoms with van der Waals surface area (Å²) < 4.78 is 5.82. The average Bonchev–Trinajstić information content (AvgIpc) is 2.45. The molecule has 1 aromatic heterocycles. The van der Waals surface area contributed by atoms with Gasteiger partial charge in [-0.2, -0.15) is 0 Å². The first-order valence-corrected chi connectivity index (χ1v) is 6.38. The second kappa shape index (κ2) is 6.29. The second-order valence-corrected chi connectivity index (χ2v) is 4.42. The Morgan fingerprint density at radius 1 is 1.21 bits per heavy atom. The van der Waals surface area contributed by atoms with Gasteiger partial charge in [0.25, 0.3) is 0 Å². The summed E-state index contributed by atoms with van der Waals surface area (Å²) in [7, 11) is 1.85. The van der Waals surface area contributed by atoms with Gasteiger partial charge in [-0.25, -0.2) is 9.97 Å². The first-order valence-electron chi connectivity index (χ1n) is 6.38. The summed E-state index contributed by atoms with van der Waals surface area (Å²) in [6.07, 6.45) is 0.0309. The fraction of sp³-hybridized carbons (Fsp3) is 0.333. The third kappa shape index (κ3) is 3.76. The van der Waals surface area contributed by atoms with Crippen molar-refractivity contribution in [1.29, 1.82) is 0 Å². The van der Waals surface area contributed by atoms with E-state index in [0.717, 1.165) is 17.1 Å². The molecule has 4 heteroatoms. The van der Waals surface area contributed by atoms with Crippen LogP contribution >= 0.6 is 0 Å². The first-order chi connectivity index (χ1) is 9.19. The van der Waals surface area contributed by atoms with Crippen LogP contribution in [-0.2, 0) is 11.3 Å². The van der Waals surface area contributed by atoms with Gasteiger partial charge in [-0.05, 0) is 19.4 Å². The minimum atomic E-state index is 0.0309. The van der Waals surface area contributed by atoms with Gasteiger partial charge in [0.1, 0.15) is 12.4 Å². The third-order valence-electron chi connectivity index (χ3n) is 2.89. The van der Waals surface area contributed by atoms with E-state index in [-0.39, 0.29) is 6.10 Å². The van der Waals surface area contributed by atoms with Gasteiger partial charge in [-0.3, -0.25) is 0 Å². The van der Waals surface area contributed by atoms with Crippen LogP contribution in [0, 0.1) is 6.92 Å². The lowest BCUT2D eigenvalue weighted by Crippen LogP contribution is -2.06. The number of anilines is 1. The summed E-state index contributed by atoms with van der Waals surface area (Å²) in [6, 6.07) is 12.0. The lowest BCUT2D eigenvalue weighted by atomic mass is 10.1. The highest BCUT2D eigenvalue weighted by Gasteiger charge is 2.07. The van der Waals surface area contributed by atoms with Crippen LogP contribution in [-0.4, -0.2) is 17.0 Å². The molecule has 0 saturated carbocycles. The third-order valence-corrected chi connectivity index (χ3v) is 2.89. The van der Waals surface area contributed by atoms with E-state index in [9.17, 15) is 0 Å².